The molecule has 100 valence electrons. The summed E-state index contributed by atoms with van der Waals surface area (Å²) < 4.78 is 0.156. The van der Waals surface area contributed by atoms with Gasteiger partial charge in [-0.1, -0.05) is 0 Å². The van der Waals surface area contributed by atoms with E-state index in [1.54, 1.807) is 21.1 Å². The lowest BCUT2D eigenvalue weighted by Crippen LogP contribution is -2.57. The number of nitrogens with zero attached hydrogens (tertiary/aromatic N) is 1. The lowest BCUT2D eigenvalue weighted by molar-refractivity contribution is -0.875. The summed E-state index contributed by atoms with van der Waals surface area (Å²) in [5, 5.41) is 20.4. The van der Waals surface area contributed by atoms with Crippen LogP contribution >= 0.6 is 12.4 Å². The van der Waals surface area contributed by atoms with Crippen LogP contribution in [-0.2, 0) is 14.4 Å². The number of aliphatic hydroxyl groups is 1. The summed E-state index contributed by atoms with van der Waals surface area (Å²) in [7, 11) is 5.02. The number of aliphatic carboxylic acids is 1. The van der Waals surface area contributed by atoms with Gasteiger partial charge in [0.15, 0.2) is 11.4 Å². The molecule has 0 saturated heterocycles. The van der Waals surface area contributed by atoms with E-state index in [4.69, 9.17) is 0 Å². The van der Waals surface area contributed by atoms with E-state index in [9.17, 15) is 24.6 Å². The quantitative estimate of drug-likeness (QED) is 0.450. The zero-order valence-corrected chi connectivity index (χ0v) is 11.2. The Morgan fingerprint density at radius 2 is 1.65 bits per heavy atom. The van der Waals surface area contributed by atoms with Gasteiger partial charge in [0, 0.05) is 19.3 Å². The third kappa shape index (κ3) is 6.35. The van der Waals surface area contributed by atoms with Gasteiger partial charge in [-0.3, -0.25) is 9.59 Å². The van der Waals surface area contributed by atoms with Crippen LogP contribution in [0.2, 0.25) is 0 Å². The normalized spacial score (nSPS) is 14.4. The zero-order valence-electron chi connectivity index (χ0n) is 10.3. The van der Waals surface area contributed by atoms with Crippen molar-refractivity contribution < 1.29 is 29.1 Å². The van der Waals surface area contributed by atoms with E-state index in [1.807, 2.05) is 0 Å². The average Bonchev–Trinajstić information content (AvgIpc) is 1.96. The Balaban J connectivity index is 0. The summed E-state index contributed by atoms with van der Waals surface area (Å²) in [6.07, 6.45) is -0.874. The van der Waals surface area contributed by atoms with Gasteiger partial charge in [0.25, 0.3) is 0 Å². The van der Waals surface area contributed by atoms with Crippen LogP contribution in [0.1, 0.15) is 13.3 Å². The lowest BCUT2D eigenvalue weighted by atomic mass is 9.91. The van der Waals surface area contributed by atoms with Crippen molar-refractivity contribution in [3.63, 3.8) is 0 Å². The molecule has 0 aliphatic heterocycles. The smallest absolute Gasteiger partial charge is 0.235 e. The maximum absolute atomic E-state index is 11.5. The van der Waals surface area contributed by atoms with E-state index in [1.165, 1.54) is 0 Å². The van der Waals surface area contributed by atoms with E-state index in [2.05, 4.69) is 0 Å². The van der Waals surface area contributed by atoms with E-state index in [-0.39, 0.29) is 23.4 Å². The van der Waals surface area contributed by atoms with Crippen molar-refractivity contribution in [1.82, 2.24) is 0 Å². The van der Waals surface area contributed by atoms with Crippen molar-refractivity contribution in [3.05, 3.63) is 0 Å². The van der Waals surface area contributed by atoms with Gasteiger partial charge in [0.2, 0.25) is 5.78 Å². The average molecular weight is 268 g/mol. The minimum absolute atomic E-state index is 0. The first-order chi connectivity index (χ1) is 6.98. The lowest BCUT2D eigenvalue weighted by Gasteiger charge is -2.34. The molecule has 0 rings (SSSR count). The summed E-state index contributed by atoms with van der Waals surface area (Å²) in [4.78, 5) is 32.9. The highest BCUT2D eigenvalue weighted by Gasteiger charge is 2.43. The van der Waals surface area contributed by atoms with Crippen molar-refractivity contribution in [3.8, 4) is 0 Å². The Morgan fingerprint density at radius 1 is 1.24 bits per heavy atom. The summed E-state index contributed by atoms with van der Waals surface area (Å²) in [6.45, 7) is 0.831. The fourth-order valence-corrected chi connectivity index (χ4v) is 1.56. The summed E-state index contributed by atoms with van der Waals surface area (Å²) in [5.74, 6) is -3.52. The van der Waals surface area contributed by atoms with Crippen molar-refractivity contribution in [2.24, 2.45) is 0 Å². The van der Waals surface area contributed by atoms with Crippen LogP contribution in [0.15, 0.2) is 0 Å². The SMILES string of the molecule is CC(=O)C(=O)C(O)(CC(=O)[O-])C[N+](C)(C)C.Cl. The Morgan fingerprint density at radius 3 is 1.88 bits per heavy atom. The molecule has 0 radical (unpaired) electrons. The van der Waals surface area contributed by atoms with Crippen molar-refractivity contribution in [2.75, 3.05) is 27.7 Å². The van der Waals surface area contributed by atoms with Gasteiger partial charge in [-0.05, 0) is 0 Å². The molecule has 0 spiro atoms. The molecule has 0 fully saturated rings. The van der Waals surface area contributed by atoms with Crippen LogP contribution < -0.4 is 5.11 Å². The van der Waals surface area contributed by atoms with Crippen molar-refractivity contribution in [1.29, 1.82) is 0 Å². The first-order valence-corrected chi connectivity index (χ1v) is 4.76. The van der Waals surface area contributed by atoms with Crippen LogP contribution in [0, 0.1) is 0 Å². The maximum atomic E-state index is 11.5. The molecule has 17 heavy (non-hydrogen) atoms. The third-order valence-corrected chi connectivity index (χ3v) is 1.92. The number of carbonyl (C=O) groups excluding carboxylic acids is 3. The van der Waals surface area contributed by atoms with E-state index in [0.717, 1.165) is 6.92 Å². The molecule has 1 unspecified atom stereocenters. The first-order valence-electron chi connectivity index (χ1n) is 4.76. The highest BCUT2D eigenvalue weighted by atomic mass is 35.5. The molecule has 0 amide bonds. The van der Waals surface area contributed by atoms with Gasteiger partial charge in [-0.25, -0.2) is 0 Å². The molecule has 0 heterocycles. The number of ketones is 2. The van der Waals surface area contributed by atoms with Crippen LogP contribution in [0.5, 0.6) is 0 Å². The van der Waals surface area contributed by atoms with E-state index in [0.29, 0.717) is 0 Å². The summed E-state index contributed by atoms with van der Waals surface area (Å²) in [6, 6.07) is 0. The number of carbonyl (C=O) groups is 3. The van der Waals surface area contributed by atoms with Crippen LogP contribution in [0.25, 0.3) is 0 Å². The minimum Gasteiger partial charge on any atom is -0.550 e. The largest absolute Gasteiger partial charge is 0.550 e. The Hall–Kier alpha value is -0.980. The first kappa shape index (κ1) is 18.4. The number of hydrogen-bond acceptors (Lipinski definition) is 5. The topological polar surface area (TPSA) is 94.5 Å². The van der Waals surface area contributed by atoms with Crippen LogP contribution in [0.4, 0.5) is 0 Å². The van der Waals surface area contributed by atoms with E-state index < -0.39 is 29.6 Å². The third-order valence-electron chi connectivity index (χ3n) is 1.92. The molecule has 1 atom stereocenters. The highest BCUT2D eigenvalue weighted by Crippen LogP contribution is 2.16. The standard InChI is InChI=1S/C10H17NO5.ClH/c1-7(12)9(15)10(16,5-8(13)14)6-11(2,3)4;/h16H,5-6H2,1-4H3;1H. The van der Waals surface area contributed by atoms with Gasteiger partial charge >= 0.3 is 0 Å². The second-order valence-corrected chi connectivity index (χ2v) is 4.91. The molecule has 0 bridgehead atoms. The molecule has 7 heteroatoms. The number of carboxylic acid groups (broad SMARTS) is 1. The zero-order chi connectivity index (χ0) is 13.1. The molecule has 0 aromatic rings. The summed E-state index contributed by atoms with van der Waals surface area (Å²) in [5.41, 5.74) is -2.19. The molecule has 0 aliphatic rings. The van der Waals surface area contributed by atoms with Gasteiger partial charge < -0.3 is 19.5 Å². The van der Waals surface area contributed by atoms with Crippen LogP contribution in [0.3, 0.4) is 0 Å². The number of Topliss-reactive ketones (excluding diaryl/α,β-unsaturated/α-hetero) is 2. The Bertz CT molecular complexity index is 323. The summed E-state index contributed by atoms with van der Waals surface area (Å²) >= 11 is 0. The maximum Gasteiger partial charge on any atom is 0.235 e. The Labute approximate surface area is 106 Å². The predicted octanol–water partition coefficient (Wildman–Crippen LogP) is -1.86. The predicted molar refractivity (Wildman–Crippen MR) is 60.4 cm³/mol. The van der Waals surface area contributed by atoms with Crippen LogP contribution in [-0.4, -0.2) is 60.4 Å². The second-order valence-electron chi connectivity index (χ2n) is 4.91. The Kier molecular flexibility index (Phi) is 6.59. The van der Waals surface area contributed by atoms with Gasteiger partial charge in [-0.2, -0.15) is 0 Å². The second kappa shape index (κ2) is 6.09. The van der Waals surface area contributed by atoms with Crippen molar-refractivity contribution in [2.45, 2.75) is 18.9 Å². The van der Waals surface area contributed by atoms with Crippen molar-refractivity contribution >= 4 is 29.9 Å². The number of carboxylic acids is 1. The van der Waals surface area contributed by atoms with Gasteiger partial charge in [0.1, 0.15) is 6.54 Å². The molecule has 0 aromatic heterocycles. The molecular weight excluding hydrogens is 250 g/mol. The molecular formula is C10H18ClNO5. The molecule has 0 saturated carbocycles. The minimum atomic E-state index is -2.19. The molecule has 0 aromatic carbocycles. The van der Waals surface area contributed by atoms with Gasteiger partial charge in [-0.15, -0.1) is 12.4 Å². The molecule has 0 aliphatic carbocycles. The number of hydrogen-bond donors (Lipinski definition) is 1. The fourth-order valence-electron chi connectivity index (χ4n) is 1.56. The highest BCUT2D eigenvalue weighted by molar-refractivity contribution is 6.39. The molecule has 6 nitrogen and oxygen atoms in total. The molecule has 1 N–H and O–H groups in total. The number of halogens is 1. The number of rotatable bonds is 6. The number of likely N-dealkylation sites (N-methyl/N-ethyl adjacent to an activating group) is 1. The monoisotopic (exact) mass is 267 g/mol. The van der Waals surface area contributed by atoms with Gasteiger partial charge in [0.05, 0.1) is 21.1 Å². The van der Waals surface area contributed by atoms with E-state index >= 15 is 0 Å². The number of quaternary nitrogens is 1. The fraction of sp³-hybridized carbons (Fsp3) is 0.700.